The van der Waals surface area contributed by atoms with Crippen LogP contribution in [0.25, 0.3) is 0 Å². The second kappa shape index (κ2) is 8.74. The Labute approximate surface area is 157 Å². The minimum Gasteiger partial charge on any atom is -0.495 e. The second-order valence-electron chi connectivity index (χ2n) is 5.76. The molecule has 0 bridgehead atoms. The van der Waals surface area contributed by atoms with Crippen molar-refractivity contribution in [3.8, 4) is 5.75 Å². The Balaban J connectivity index is 2.04. The van der Waals surface area contributed by atoms with Crippen LogP contribution in [-0.4, -0.2) is 45.5 Å². The van der Waals surface area contributed by atoms with Crippen molar-refractivity contribution in [2.45, 2.75) is 11.8 Å². The first-order valence-corrected chi connectivity index (χ1v) is 9.36. The first kappa shape index (κ1) is 20.5. The van der Waals surface area contributed by atoms with Crippen LogP contribution in [0.15, 0.2) is 52.5 Å². The highest BCUT2D eigenvalue weighted by Crippen LogP contribution is 2.26. The van der Waals surface area contributed by atoms with Gasteiger partial charge in [-0.05, 0) is 42.3 Å². The monoisotopic (exact) mass is 393 g/mol. The van der Waals surface area contributed by atoms with E-state index < -0.39 is 22.5 Å². The minimum absolute atomic E-state index is 0.0184. The van der Waals surface area contributed by atoms with Crippen LogP contribution in [0.1, 0.15) is 11.1 Å². The van der Waals surface area contributed by atoms with Gasteiger partial charge in [-0.25, -0.2) is 18.2 Å². The van der Waals surface area contributed by atoms with Crippen LogP contribution in [-0.2, 0) is 14.8 Å². The molecule has 0 aliphatic rings. The maximum Gasteiger partial charge on any atom is 0.255 e. The van der Waals surface area contributed by atoms with Gasteiger partial charge in [0.15, 0.2) is 0 Å². The predicted octanol–water partition coefficient (Wildman–Crippen LogP) is 1.91. The van der Waals surface area contributed by atoms with Gasteiger partial charge in [0.1, 0.15) is 16.5 Å². The maximum atomic E-state index is 12.8. The van der Waals surface area contributed by atoms with Gasteiger partial charge in [-0.2, -0.15) is 9.41 Å². The molecular formula is C18H20FN3O4S. The molecule has 0 aromatic heterocycles. The number of sulfonamides is 1. The molecule has 0 aliphatic carbocycles. The number of hydrogen-bond donors (Lipinski definition) is 1. The minimum atomic E-state index is -3.93. The standard InChI is InChI=1S/C18H20FN3O4S/c1-13-4-9-16(26-3)17(10-13)27(24,25)22(2)12-18(23)21-20-11-14-5-7-15(19)8-6-14/h4-11H,12H2,1-3H3,(H,21,23). The van der Waals surface area contributed by atoms with Gasteiger partial charge < -0.3 is 4.74 Å². The van der Waals surface area contributed by atoms with Crippen molar-refractivity contribution in [3.05, 3.63) is 59.4 Å². The highest BCUT2D eigenvalue weighted by molar-refractivity contribution is 7.89. The number of likely N-dealkylation sites (N-methyl/N-ethyl adjacent to an activating group) is 1. The molecule has 0 saturated heterocycles. The molecule has 7 nitrogen and oxygen atoms in total. The van der Waals surface area contributed by atoms with Crippen molar-refractivity contribution in [2.24, 2.45) is 5.10 Å². The van der Waals surface area contributed by atoms with Crippen LogP contribution in [0.2, 0.25) is 0 Å². The molecule has 2 aromatic carbocycles. The highest BCUT2D eigenvalue weighted by atomic mass is 32.2. The van der Waals surface area contributed by atoms with E-state index in [1.165, 1.54) is 50.7 Å². The van der Waals surface area contributed by atoms with Gasteiger partial charge in [0, 0.05) is 7.05 Å². The molecular weight excluding hydrogens is 373 g/mol. The summed E-state index contributed by atoms with van der Waals surface area (Å²) in [5, 5.41) is 3.73. The summed E-state index contributed by atoms with van der Waals surface area (Å²) in [7, 11) is -1.26. The Morgan fingerprint density at radius 3 is 2.56 bits per heavy atom. The van der Waals surface area contributed by atoms with Gasteiger partial charge in [-0.15, -0.1) is 0 Å². The zero-order valence-electron chi connectivity index (χ0n) is 15.1. The number of methoxy groups -OCH3 is 1. The van der Waals surface area contributed by atoms with Crippen LogP contribution in [0.3, 0.4) is 0 Å². The molecule has 144 valence electrons. The van der Waals surface area contributed by atoms with E-state index in [-0.39, 0.29) is 16.5 Å². The summed E-state index contributed by atoms with van der Waals surface area (Å²) in [5.41, 5.74) is 3.57. The number of carbonyl (C=O) groups excluding carboxylic acids is 1. The van der Waals surface area contributed by atoms with Gasteiger partial charge in [0.2, 0.25) is 10.0 Å². The van der Waals surface area contributed by atoms with E-state index in [2.05, 4.69) is 10.5 Å². The van der Waals surface area contributed by atoms with E-state index in [1.807, 2.05) is 0 Å². The fourth-order valence-corrected chi connectivity index (χ4v) is 3.57. The Hall–Kier alpha value is -2.78. The average molecular weight is 393 g/mol. The van der Waals surface area contributed by atoms with E-state index in [4.69, 9.17) is 4.74 Å². The lowest BCUT2D eigenvalue weighted by atomic mass is 10.2. The summed E-state index contributed by atoms with van der Waals surface area (Å²) in [6, 6.07) is 10.3. The molecule has 0 aliphatic heterocycles. The van der Waals surface area contributed by atoms with Crippen LogP contribution in [0.5, 0.6) is 5.75 Å². The molecule has 0 spiro atoms. The van der Waals surface area contributed by atoms with Crippen molar-refractivity contribution in [1.29, 1.82) is 0 Å². The van der Waals surface area contributed by atoms with E-state index in [0.29, 0.717) is 5.56 Å². The van der Waals surface area contributed by atoms with Crippen molar-refractivity contribution in [2.75, 3.05) is 20.7 Å². The van der Waals surface area contributed by atoms with Crippen molar-refractivity contribution in [3.63, 3.8) is 0 Å². The smallest absolute Gasteiger partial charge is 0.255 e. The first-order valence-electron chi connectivity index (χ1n) is 7.92. The number of amides is 1. The van der Waals surface area contributed by atoms with Gasteiger partial charge >= 0.3 is 0 Å². The zero-order chi connectivity index (χ0) is 20.0. The van der Waals surface area contributed by atoms with Crippen molar-refractivity contribution >= 4 is 22.1 Å². The summed E-state index contributed by atoms with van der Waals surface area (Å²) in [4.78, 5) is 12.0. The van der Waals surface area contributed by atoms with Gasteiger partial charge in [-0.1, -0.05) is 18.2 Å². The molecule has 9 heteroatoms. The molecule has 1 amide bonds. The molecule has 0 heterocycles. The maximum absolute atomic E-state index is 12.8. The number of aryl methyl sites for hydroxylation is 1. The SMILES string of the molecule is COc1ccc(C)cc1S(=O)(=O)N(C)CC(=O)NN=Cc1ccc(F)cc1. The molecule has 2 rings (SSSR count). The number of benzene rings is 2. The lowest BCUT2D eigenvalue weighted by Gasteiger charge is -2.18. The summed E-state index contributed by atoms with van der Waals surface area (Å²) in [6.45, 7) is 1.33. The van der Waals surface area contributed by atoms with E-state index in [1.54, 1.807) is 19.1 Å². The number of nitrogens with zero attached hydrogens (tertiary/aromatic N) is 2. The topological polar surface area (TPSA) is 88.1 Å². The third kappa shape index (κ3) is 5.35. The van der Waals surface area contributed by atoms with E-state index in [0.717, 1.165) is 9.87 Å². The lowest BCUT2D eigenvalue weighted by molar-refractivity contribution is -0.121. The van der Waals surface area contributed by atoms with Crippen LogP contribution in [0, 0.1) is 12.7 Å². The van der Waals surface area contributed by atoms with Gasteiger partial charge in [-0.3, -0.25) is 4.79 Å². The Kier molecular flexibility index (Phi) is 6.65. The largest absolute Gasteiger partial charge is 0.495 e. The molecule has 0 radical (unpaired) electrons. The van der Waals surface area contributed by atoms with E-state index >= 15 is 0 Å². The van der Waals surface area contributed by atoms with E-state index in [9.17, 15) is 17.6 Å². The zero-order valence-corrected chi connectivity index (χ0v) is 16.0. The Morgan fingerprint density at radius 2 is 1.93 bits per heavy atom. The highest BCUT2D eigenvalue weighted by Gasteiger charge is 2.26. The normalized spacial score (nSPS) is 11.7. The summed E-state index contributed by atoms with van der Waals surface area (Å²) in [5.74, 6) is -0.803. The quantitative estimate of drug-likeness (QED) is 0.575. The third-order valence-corrected chi connectivity index (χ3v) is 5.47. The summed E-state index contributed by atoms with van der Waals surface area (Å²) < 4.78 is 44.3. The number of nitrogens with one attached hydrogen (secondary N) is 1. The van der Waals surface area contributed by atoms with Crippen LogP contribution >= 0.6 is 0 Å². The molecule has 1 N–H and O–H groups in total. The number of halogens is 1. The van der Waals surface area contributed by atoms with Crippen LogP contribution in [0.4, 0.5) is 4.39 Å². The molecule has 0 fully saturated rings. The van der Waals surface area contributed by atoms with Crippen molar-refractivity contribution < 1.29 is 22.3 Å². The Bertz CT molecular complexity index is 944. The van der Waals surface area contributed by atoms with Gasteiger partial charge in [0.25, 0.3) is 5.91 Å². The number of hydrogen-bond acceptors (Lipinski definition) is 5. The fraction of sp³-hybridized carbons (Fsp3) is 0.222. The molecule has 0 atom stereocenters. The number of rotatable bonds is 7. The Morgan fingerprint density at radius 1 is 1.26 bits per heavy atom. The van der Waals surface area contributed by atoms with Gasteiger partial charge in [0.05, 0.1) is 19.9 Å². The second-order valence-corrected chi connectivity index (χ2v) is 7.77. The number of carbonyl (C=O) groups is 1. The van der Waals surface area contributed by atoms with Crippen LogP contribution < -0.4 is 10.2 Å². The molecule has 2 aromatic rings. The molecule has 27 heavy (non-hydrogen) atoms. The lowest BCUT2D eigenvalue weighted by Crippen LogP contribution is -2.36. The number of ether oxygens (including phenoxy) is 1. The summed E-state index contributed by atoms with van der Waals surface area (Å²) >= 11 is 0. The average Bonchev–Trinajstić information content (AvgIpc) is 2.63. The first-order chi connectivity index (χ1) is 12.7. The number of hydrazone groups is 1. The molecule has 0 unspecified atom stereocenters. The third-order valence-electron chi connectivity index (χ3n) is 3.65. The summed E-state index contributed by atoms with van der Waals surface area (Å²) in [6.07, 6.45) is 1.33. The predicted molar refractivity (Wildman–Crippen MR) is 99.7 cm³/mol. The van der Waals surface area contributed by atoms with Crippen molar-refractivity contribution in [1.82, 2.24) is 9.73 Å². The fourth-order valence-electron chi connectivity index (χ4n) is 2.20. The molecule has 0 saturated carbocycles.